The molecule has 0 saturated carbocycles. The second-order valence-corrected chi connectivity index (χ2v) is 14.2. The van der Waals surface area contributed by atoms with Crippen molar-refractivity contribution < 1.29 is 48.6 Å². The SMILES string of the molecule is CC(C)C[C@H](NC(=O)[C@@H](NC(=O)[C@@H]1CCCN1C(=O)[C@@H](N)CCC(=O)O)C(C)C)C(=O)NCC(=O)N1CCC[C@H]1C(=O)N[C@H](C(=O)O)C(C)C. The van der Waals surface area contributed by atoms with Gasteiger partial charge < -0.3 is 47.0 Å². The van der Waals surface area contributed by atoms with Gasteiger partial charge in [0, 0.05) is 19.5 Å². The number of carboxylic acids is 2. The molecule has 0 aromatic carbocycles. The molecule has 8 N–H and O–H groups in total. The first-order valence-electron chi connectivity index (χ1n) is 17.3. The molecule has 0 spiro atoms. The van der Waals surface area contributed by atoms with Gasteiger partial charge in [0.2, 0.25) is 35.4 Å². The fourth-order valence-electron chi connectivity index (χ4n) is 6.16. The molecule has 6 atom stereocenters. The van der Waals surface area contributed by atoms with Gasteiger partial charge in [0.15, 0.2) is 0 Å². The molecule has 50 heavy (non-hydrogen) atoms. The van der Waals surface area contributed by atoms with Crippen molar-refractivity contribution in [2.24, 2.45) is 23.5 Å². The van der Waals surface area contributed by atoms with E-state index in [0.29, 0.717) is 25.7 Å². The summed E-state index contributed by atoms with van der Waals surface area (Å²) in [5.74, 6) is -6.62. The molecular formula is C33H55N7O10. The number of nitrogens with one attached hydrogen (secondary N) is 4. The Morgan fingerprint density at radius 3 is 1.76 bits per heavy atom. The highest BCUT2D eigenvalue weighted by molar-refractivity contribution is 5.96. The van der Waals surface area contributed by atoms with E-state index in [2.05, 4.69) is 21.3 Å². The summed E-state index contributed by atoms with van der Waals surface area (Å²) in [6.07, 6.45) is 1.55. The lowest BCUT2D eigenvalue weighted by Crippen LogP contribution is -2.59. The minimum absolute atomic E-state index is 0.0490. The van der Waals surface area contributed by atoms with Crippen LogP contribution < -0.4 is 27.0 Å². The number of carboxylic acid groups (broad SMARTS) is 2. The molecule has 0 radical (unpaired) electrons. The normalized spacial score (nSPS) is 19.9. The number of hydrogen-bond donors (Lipinski definition) is 7. The van der Waals surface area contributed by atoms with Crippen LogP contribution in [0, 0.1) is 17.8 Å². The van der Waals surface area contributed by atoms with Crippen molar-refractivity contribution in [2.75, 3.05) is 19.6 Å². The van der Waals surface area contributed by atoms with Gasteiger partial charge in [0.1, 0.15) is 30.2 Å². The fourth-order valence-corrected chi connectivity index (χ4v) is 6.16. The highest BCUT2D eigenvalue weighted by Gasteiger charge is 2.39. The van der Waals surface area contributed by atoms with Crippen molar-refractivity contribution in [3.8, 4) is 0 Å². The zero-order valence-electron chi connectivity index (χ0n) is 29.9. The van der Waals surface area contributed by atoms with E-state index in [1.165, 1.54) is 9.80 Å². The van der Waals surface area contributed by atoms with Crippen molar-refractivity contribution in [3.05, 3.63) is 0 Å². The van der Waals surface area contributed by atoms with Gasteiger partial charge in [-0.25, -0.2) is 4.79 Å². The molecule has 6 amide bonds. The minimum atomic E-state index is -1.18. The summed E-state index contributed by atoms with van der Waals surface area (Å²) in [6, 6.07) is -6.13. The van der Waals surface area contributed by atoms with Crippen LogP contribution in [0.1, 0.15) is 86.5 Å². The number of carbonyl (C=O) groups excluding carboxylic acids is 6. The zero-order valence-corrected chi connectivity index (χ0v) is 29.9. The predicted octanol–water partition coefficient (Wildman–Crippen LogP) is -0.826. The molecule has 0 aromatic heterocycles. The van der Waals surface area contributed by atoms with Gasteiger partial charge in [-0.05, 0) is 56.3 Å². The van der Waals surface area contributed by atoms with Crippen molar-refractivity contribution in [1.82, 2.24) is 31.1 Å². The minimum Gasteiger partial charge on any atom is -0.481 e. The topological polar surface area (TPSA) is 258 Å². The number of carbonyl (C=O) groups is 8. The van der Waals surface area contributed by atoms with E-state index in [1.807, 2.05) is 13.8 Å². The molecule has 0 aliphatic carbocycles. The van der Waals surface area contributed by atoms with Crippen LogP contribution in [0.4, 0.5) is 0 Å². The van der Waals surface area contributed by atoms with Crippen molar-refractivity contribution in [2.45, 2.75) is 123 Å². The standard InChI is InChI=1S/C33H55N7O10/c1-17(2)15-21(28(44)35-16-24(41)39-13-7-9-22(39)29(45)38-27(19(5)6)33(49)50)36-31(47)26(18(3)4)37-30(46)23-10-8-14-40(23)32(48)20(34)11-12-25(42)43/h17-23,26-27H,7-16,34H2,1-6H3,(H,35,44)(H,36,47)(H,37,46)(H,38,45)(H,42,43)(H,49,50)/t20-,21-,22-,23-,26-,27-/m0/s1. The Balaban J connectivity index is 2.06. The Kier molecular flexibility index (Phi) is 16.1. The summed E-state index contributed by atoms with van der Waals surface area (Å²) >= 11 is 0. The van der Waals surface area contributed by atoms with E-state index in [-0.39, 0.29) is 44.2 Å². The average molecular weight is 710 g/mol. The van der Waals surface area contributed by atoms with E-state index in [4.69, 9.17) is 10.8 Å². The molecule has 2 saturated heterocycles. The molecule has 17 heteroatoms. The molecule has 2 heterocycles. The largest absolute Gasteiger partial charge is 0.481 e. The van der Waals surface area contributed by atoms with Gasteiger partial charge >= 0.3 is 11.9 Å². The van der Waals surface area contributed by atoms with Crippen LogP contribution in [0.25, 0.3) is 0 Å². The van der Waals surface area contributed by atoms with Gasteiger partial charge in [-0.15, -0.1) is 0 Å². The number of hydrogen-bond acceptors (Lipinski definition) is 9. The van der Waals surface area contributed by atoms with Crippen LogP contribution in [0.5, 0.6) is 0 Å². The summed E-state index contributed by atoms with van der Waals surface area (Å²) < 4.78 is 0. The first kappa shape index (κ1) is 41.9. The van der Waals surface area contributed by atoms with Crippen LogP contribution in [-0.4, -0.2) is 123 Å². The highest BCUT2D eigenvalue weighted by atomic mass is 16.4. The molecule has 2 aliphatic heterocycles. The molecule has 2 aliphatic rings. The van der Waals surface area contributed by atoms with Gasteiger partial charge in [-0.1, -0.05) is 41.5 Å². The lowest BCUT2D eigenvalue weighted by Gasteiger charge is -2.30. The molecule has 2 fully saturated rings. The number of rotatable bonds is 18. The summed E-state index contributed by atoms with van der Waals surface area (Å²) in [7, 11) is 0. The van der Waals surface area contributed by atoms with Gasteiger partial charge in [0.25, 0.3) is 0 Å². The van der Waals surface area contributed by atoms with Crippen LogP contribution in [-0.2, 0) is 38.4 Å². The predicted molar refractivity (Wildman–Crippen MR) is 180 cm³/mol. The van der Waals surface area contributed by atoms with Gasteiger partial charge in [-0.3, -0.25) is 33.6 Å². The van der Waals surface area contributed by atoms with E-state index in [1.54, 1.807) is 27.7 Å². The van der Waals surface area contributed by atoms with E-state index >= 15 is 0 Å². The summed E-state index contributed by atoms with van der Waals surface area (Å²) in [6.45, 7) is 10.5. The molecule has 0 unspecified atom stereocenters. The Bertz CT molecular complexity index is 1270. The van der Waals surface area contributed by atoms with Gasteiger partial charge in [-0.2, -0.15) is 0 Å². The molecule has 282 valence electrons. The third kappa shape index (κ3) is 11.9. The number of amides is 6. The van der Waals surface area contributed by atoms with E-state index in [9.17, 15) is 43.5 Å². The number of aliphatic carboxylic acids is 2. The van der Waals surface area contributed by atoms with Crippen LogP contribution in [0.15, 0.2) is 0 Å². The highest BCUT2D eigenvalue weighted by Crippen LogP contribution is 2.21. The average Bonchev–Trinajstić information content (AvgIpc) is 3.73. The maximum atomic E-state index is 13.5. The monoisotopic (exact) mass is 709 g/mol. The Morgan fingerprint density at radius 1 is 0.740 bits per heavy atom. The van der Waals surface area contributed by atoms with E-state index < -0.39 is 96.1 Å². The third-order valence-electron chi connectivity index (χ3n) is 8.93. The first-order valence-corrected chi connectivity index (χ1v) is 17.3. The summed E-state index contributed by atoms with van der Waals surface area (Å²) in [4.78, 5) is 104. The van der Waals surface area contributed by atoms with Crippen LogP contribution in [0.3, 0.4) is 0 Å². The molecular weight excluding hydrogens is 654 g/mol. The van der Waals surface area contributed by atoms with Gasteiger partial charge in [0.05, 0.1) is 12.6 Å². The second kappa shape index (κ2) is 19.2. The van der Waals surface area contributed by atoms with Crippen molar-refractivity contribution >= 4 is 47.4 Å². The molecule has 0 aromatic rings. The molecule has 0 bridgehead atoms. The summed E-state index contributed by atoms with van der Waals surface area (Å²) in [5, 5.41) is 28.8. The Morgan fingerprint density at radius 2 is 1.26 bits per heavy atom. The summed E-state index contributed by atoms with van der Waals surface area (Å²) in [5.41, 5.74) is 5.91. The quantitative estimate of drug-likeness (QED) is 0.0925. The fraction of sp³-hybridized carbons (Fsp3) is 0.758. The number of likely N-dealkylation sites (tertiary alicyclic amines) is 2. The van der Waals surface area contributed by atoms with E-state index in [0.717, 1.165) is 0 Å². The molecule has 17 nitrogen and oxygen atoms in total. The zero-order chi connectivity index (χ0) is 37.9. The maximum Gasteiger partial charge on any atom is 0.326 e. The third-order valence-corrected chi connectivity index (χ3v) is 8.93. The van der Waals surface area contributed by atoms with Crippen LogP contribution in [0.2, 0.25) is 0 Å². The Hall–Kier alpha value is -4.28. The smallest absolute Gasteiger partial charge is 0.326 e. The van der Waals surface area contributed by atoms with Crippen LogP contribution >= 0.6 is 0 Å². The second-order valence-electron chi connectivity index (χ2n) is 14.2. The van der Waals surface area contributed by atoms with Crippen molar-refractivity contribution in [3.63, 3.8) is 0 Å². The maximum absolute atomic E-state index is 13.5. The lowest BCUT2D eigenvalue weighted by atomic mass is 9.99. The lowest BCUT2D eigenvalue weighted by molar-refractivity contribution is -0.145. The first-order chi connectivity index (χ1) is 23.3. The number of nitrogens with two attached hydrogens (primary N) is 1. The number of nitrogens with zero attached hydrogens (tertiary/aromatic N) is 2. The van der Waals surface area contributed by atoms with Crippen molar-refractivity contribution in [1.29, 1.82) is 0 Å². The Labute approximate surface area is 292 Å². The molecule has 2 rings (SSSR count).